The molecule has 0 unspecified atom stereocenters. The number of benzene rings is 2. The zero-order valence-electron chi connectivity index (χ0n) is 11.4. The first-order chi connectivity index (χ1) is 10.8. The first-order valence-corrected chi connectivity index (χ1v) is 6.84. The third-order valence-corrected chi connectivity index (χ3v) is 3.51. The van der Waals surface area contributed by atoms with Crippen molar-refractivity contribution in [1.29, 1.82) is 0 Å². The number of halogens is 4. The van der Waals surface area contributed by atoms with E-state index < -0.39 is 17.3 Å². The average molecular weight is 340 g/mol. The number of aromatic amines is 1. The van der Waals surface area contributed by atoms with E-state index >= 15 is 0 Å². The average Bonchev–Trinajstić information content (AvgIpc) is 2.51. The van der Waals surface area contributed by atoms with Crippen molar-refractivity contribution in [3.05, 3.63) is 63.5 Å². The van der Waals surface area contributed by atoms with Crippen LogP contribution in [0.25, 0.3) is 10.8 Å². The largest absolute Gasteiger partial charge is 0.416 e. The number of H-pyrrole nitrogens is 1. The second kappa shape index (κ2) is 5.58. The number of alkyl halides is 3. The van der Waals surface area contributed by atoms with Crippen molar-refractivity contribution in [2.75, 3.05) is 5.32 Å². The summed E-state index contributed by atoms with van der Waals surface area (Å²) in [6.07, 6.45) is -4.42. The third-order valence-electron chi connectivity index (χ3n) is 3.22. The fraction of sp³-hybridized carbons (Fsp3) is 0.0667. The Kier molecular flexibility index (Phi) is 3.73. The highest BCUT2D eigenvalue weighted by Crippen LogP contribution is 2.32. The fourth-order valence-electron chi connectivity index (χ4n) is 2.15. The summed E-state index contributed by atoms with van der Waals surface area (Å²) in [5.74, 6) is 0. The molecule has 4 nitrogen and oxygen atoms in total. The molecule has 0 spiro atoms. The Labute approximate surface area is 132 Å². The van der Waals surface area contributed by atoms with Crippen LogP contribution in [0.4, 0.5) is 24.5 Å². The van der Waals surface area contributed by atoms with Crippen LogP contribution in [0.15, 0.2) is 47.3 Å². The van der Waals surface area contributed by atoms with E-state index in [1.807, 2.05) is 0 Å². The summed E-state index contributed by atoms with van der Waals surface area (Å²) < 4.78 is 38.2. The molecule has 2 aromatic carbocycles. The minimum Gasteiger partial charge on any atom is -0.355 e. The van der Waals surface area contributed by atoms with E-state index in [0.29, 0.717) is 16.5 Å². The van der Waals surface area contributed by atoms with Crippen molar-refractivity contribution in [3.63, 3.8) is 0 Å². The quantitative estimate of drug-likeness (QED) is 0.730. The minimum atomic E-state index is -4.42. The molecule has 8 heteroatoms. The maximum Gasteiger partial charge on any atom is 0.416 e. The molecule has 0 aliphatic heterocycles. The van der Waals surface area contributed by atoms with Gasteiger partial charge in [0.15, 0.2) is 5.15 Å². The van der Waals surface area contributed by atoms with E-state index in [1.165, 1.54) is 18.2 Å². The lowest BCUT2D eigenvalue weighted by Gasteiger charge is -2.11. The van der Waals surface area contributed by atoms with Gasteiger partial charge < -0.3 is 5.32 Å². The van der Waals surface area contributed by atoms with Gasteiger partial charge in [0.25, 0.3) is 5.56 Å². The molecule has 0 bridgehead atoms. The van der Waals surface area contributed by atoms with Crippen LogP contribution in [-0.4, -0.2) is 10.2 Å². The molecule has 0 aliphatic rings. The number of hydrogen-bond donors (Lipinski definition) is 2. The number of nitrogens with one attached hydrogen (secondary N) is 2. The van der Waals surface area contributed by atoms with Gasteiger partial charge in [-0.15, -0.1) is 0 Å². The van der Waals surface area contributed by atoms with Crippen molar-refractivity contribution in [1.82, 2.24) is 10.2 Å². The highest BCUT2D eigenvalue weighted by atomic mass is 35.5. The summed E-state index contributed by atoms with van der Waals surface area (Å²) in [6.45, 7) is 0. The SMILES string of the molecule is O=c1[nH]nc(Cl)c2cc(Nc3cccc(C(F)(F)F)c3)ccc12. The van der Waals surface area contributed by atoms with E-state index in [2.05, 4.69) is 15.5 Å². The van der Waals surface area contributed by atoms with Gasteiger partial charge in [0.1, 0.15) is 0 Å². The molecule has 0 radical (unpaired) electrons. The zero-order chi connectivity index (χ0) is 16.6. The molecule has 0 amide bonds. The Balaban J connectivity index is 1.99. The number of nitrogens with zero attached hydrogens (tertiary/aromatic N) is 1. The Morgan fingerprint density at radius 3 is 2.52 bits per heavy atom. The number of aromatic nitrogens is 2. The summed E-state index contributed by atoms with van der Waals surface area (Å²) >= 11 is 5.93. The third kappa shape index (κ3) is 3.14. The minimum absolute atomic E-state index is 0.104. The van der Waals surface area contributed by atoms with Gasteiger partial charge in [-0.3, -0.25) is 4.79 Å². The van der Waals surface area contributed by atoms with Gasteiger partial charge in [-0.25, -0.2) is 5.10 Å². The van der Waals surface area contributed by atoms with Crippen LogP contribution >= 0.6 is 11.6 Å². The predicted octanol–water partition coefficient (Wildman–Crippen LogP) is 4.34. The Morgan fingerprint density at radius 1 is 1.04 bits per heavy atom. The summed E-state index contributed by atoms with van der Waals surface area (Å²) in [7, 11) is 0. The number of rotatable bonds is 2. The first kappa shape index (κ1) is 15.4. The van der Waals surface area contributed by atoms with Crippen molar-refractivity contribution < 1.29 is 13.2 Å². The van der Waals surface area contributed by atoms with Gasteiger partial charge in [-0.05, 0) is 36.4 Å². The van der Waals surface area contributed by atoms with Gasteiger partial charge >= 0.3 is 6.18 Å². The second-order valence-corrected chi connectivity index (χ2v) is 5.17. The first-order valence-electron chi connectivity index (χ1n) is 6.47. The van der Waals surface area contributed by atoms with Gasteiger partial charge in [-0.2, -0.15) is 18.3 Å². The van der Waals surface area contributed by atoms with Crippen molar-refractivity contribution in [2.24, 2.45) is 0 Å². The van der Waals surface area contributed by atoms with Crippen LogP contribution in [0.5, 0.6) is 0 Å². The standard InChI is InChI=1S/C15H9ClF3N3O/c16-13-12-7-10(4-5-11(12)14(23)22-21-13)20-9-3-1-2-8(6-9)15(17,18)19/h1-7,20H,(H,22,23). The topological polar surface area (TPSA) is 57.8 Å². The molecule has 23 heavy (non-hydrogen) atoms. The van der Waals surface area contributed by atoms with Crippen molar-refractivity contribution in [2.45, 2.75) is 6.18 Å². The lowest BCUT2D eigenvalue weighted by atomic mass is 10.1. The summed E-state index contributed by atoms with van der Waals surface area (Å²) in [5.41, 5.74) is -0.381. The number of hydrogen-bond acceptors (Lipinski definition) is 3. The predicted molar refractivity (Wildman–Crippen MR) is 82.1 cm³/mol. The van der Waals surface area contributed by atoms with E-state index in [4.69, 9.17) is 11.6 Å². The lowest BCUT2D eigenvalue weighted by molar-refractivity contribution is -0.137. The molecular weight excluding hydrogens is 331 g/mol. The normalized spacial score (nSPS) is 11.7. The van der Waals surface area contributed by atoms with Crippen LogP contribution in [0.2, 0.25) is 5.15 Å². The fourth-order valence-corrected chi connectivity index (χ4v) is 2.35. The molecule has 2 N–H and O–H groups in total. The molecular formula is C15H9ClF3N3O. The van der Waals surface area contributed by atoms with Crippen molar-refractivity contribution >= 4 is 33.7 Å². The summed E-state index contributed by atoms with van der Waals surface area (Å²) in [6, 6.07) is 9.47. The summed E-state index contributed by atoms with van der Waals surface area (Å²) in [5, 5.41) is 9.62. The van der Waals surface area contributed by atoms with Gasteiger partial charge in [-0.1, -0.05) is 17.7 Å². The zero-order valence-corrected chi connectivity index (χ0v) is 12.2. The second-order valence-electron chi connectivity index (χ2n) is 4.81. The molecule has 0 atom stereocenters. The number of anilines is 2. The van der Waals surface area contributed by atoms with E-state index in [9.17, 15) is 18.0 Å². The van der Waals surface area contributed by atoms with Crippen LogP contribution in [0.1, 0.15) is 5.56 Å². The van der Waals surface area contributed by atoms with E-state index in [-0.39, 0.29) is 10.8 Å². The van der Waals surface area contributed by atoms with Crippen LogP contribution in [-0.2, 0) is 6.18 Å². The Morgan fingerprint density at radius 2 is 1.78 bits per heavy atom. The smallest absolute Gasteiger partial charge is 0.355 e. The highest BCUT2D eigenvalue weighted by Gasteiger charge is 2.30. The molecule has 118 valence electrons. The van der Waals surface area contributed by atoms with E-state index in [1.54, 1.807) is 12.1 Å². The molecule has 1 heterocycles. The molecule has 1 aromatic heterocycles. The molecule has 0 saturated carbocycles. The molecule has 0 aliphatic carbocycles. The summed E-state index contributed by atoms with van der Waals surface area (Å²) in [4.78, 5) is 11.6. The van der Waals surface area contributed by atoms with Gasteiger partial charge in [0.05, 0.1) is 10.9 Å². The maximum atomic E-state index is 12.7. The molecule has 3 rings (SSSR count). The lowest BCUT2D eigenvalue weighted by Crippen LogP contribution is -2.08. The maximum absolute atomic E-state index is 12.7. The monoisotopic (exact) mass is 339 g/mol. The van der Waals surface area contributed by atoms with E-state index in [0.717, 1.165) is 12.1 Å². The van der Waals surface area contributed by atoms with Crippen LogP contribution < -0.4 is 10.9 Å². The Bertz CT molecular complexity index is 937. The Hall–Kier alpha value is -2.54. The molecule has 0 saturated heterocycles. The highest BCUT2D eigenvalue weighted by molar-refractivity contribution is 6.34. The molecule has 3 aromatic rings. The van der Waals surface area contributed by atoms with Crippen LogP contribution in [0.3, 0.4) is 0 Å². The van der Waals surface area contributed by atoms with Crippen LogP contribution in [0, 0.1) is 0 Å². The van der Waals surface area contributed by atoms with Gasteiger partial charge in [0, 0.05) is 16.8 Å². The van der Waals surface area contributed by atoms with Gasteiger partial charge in [0.2, 0.25) is 0 Å². The van der Waals surface area contributed by atoms with Crippen molar-refractivity contribution in [3.8, 4) is 0 Å². The molecule has 0 fully saturated rings. The number of fused-ring (bicyclic) bond motifs is 1.